The first-order valence-corrected chi connectivity index (χ1v) is 10.7. The van der Waals surface area contributed by atoms with Crippen LogP contribution in [0.25, 0.3) is 22.7 Å². The molecule has 0 bridgehead atoms. The maximum Gasteiger partial charge on any atom is 0.165 e. The summed E-state index contributed by atoms with van der Waals surface area (Å²) in [5.41, 5.74) is 6.12. The minimum atomic E-state index is 0.429. The molecule has 0 aliphatic heterocycles. The first kappa shape index (κ1) is 21.9. The zero-order chi connectivity index (χ0) is 23.2. The first-order valence-electron chi connectivity index (χ1n) is 10.7. The van der Waals surface area contributed by atoms with Crippen LogP contribution in [0.5, 0.6) is 11.5 Å². The third-order valence-electron chi connectivity index (χ3n) is 5.29. The van der Waals surface area contributed by atoms with Crippen molar-refractivity contribution in [1.29, 1.82) is 5.26 Å². The second kappa shape index (κ2) is 9.88. The predicted molar refractivity (Wildman–Crippen MR) is 132 cm³/mol. The number of hydrogen-bond acceptors (Lipinski definition) is 4. The number of benzene rings is 3. The maximum atomic E-state index is 9.83. The van der Waals surface area contributed by atoms with Crippen molar-refractivity contribution < 1.29 is 9.47 Å². The summed E-state index contributed by atoms with van der Waals surface area (Å²) >= 11 is 0. The van der Waals surface area contributed by atoms with E-state index in [0.29, 0.717) is 35.9 Å². The molecular formula is C28H25N3O2. The smallest absolute Gasteiger partial charge is 0.165 e. The summed E-state index contributed by atoms with van der Waals surface area (Å²) in [5, 5.41) is 9.83. The van der Waals surface area contributed by atoms with Gasteiger partial charge in [-0.2, -0.15) is 5.26 Å². The Kier molecular flexibility index (Phi) is 6.56. The number of imidazole rings is 1. The van der Waals surface area contributed by atoms with Crippen molar-refractivity contribution >= 4 is 22.7 Å². The minimum Gasteiger partial charge on any atom is -0.493 e. The van der Waals surface area contributed by atoms with Crippen LogP contribution in [0.1, 0.15) is 28.1 Å². The molecule has 1 heterocycles. The van der Waals surface area contributed by atoms with Crippen LogP contribution < -0.4 is 9.47 Å². The van der Waals surface area contributed by atoms with Crippen molar-refractivity contribution in [2.24, 2.45) is 0 Å². The maximum absolute atomic E-state index is 9.83. The lowest BCUT2D eigenvalue weighted by atomic mass is 10.0. The van der Waals surface area contributed by atoms with Gasteiger partial charge >= 0.3 is 0 Å². The van der Waals surface area contributed by atoms with E-state index in [1.807, 2.05) is 73.7 Å². The number of ether oxygens (including phenoxy) is 2. The summed E-state index contributed by atoms with van der Waals surface area (Å²) in [6, 6.07) is 22.1. The van der Waals surface area contributed by atoms with E-state index in [4.69, 9.17) is 9.47 Å². The average Bonchev–Trinajstić information content (AvgIpc) is 3.25. The van der Waals surface area contributed by atoms with Gasteiger partial charge in [0.15, 0.2) is 11.5 Å². The number of hydrogen-bond donors (Lipinski definition) is 1. The van der Waals surface area contributed by atoms with Crippen molar-refractivity contribution in [1.82, 2.24) is 9.97 Å². The van der Waals surface area contributed by atoms with E-state index in [2.05, 4.69) is 22.6 Å². The number of methoxy groups -OCH3 is 1. The molecule has 4 rings (SSSR count). The Morgan fingerprint density at radius 2 is 1.97 bits per heavy atom. The highest BCUT2D eigenvalue weighted by atomic mass is 16.5. The van der Waals surface area contributed by atoms with E-state index in [0.717, 1.165) is 33.3 Å². The molecule has 0 saturated carbocycles. The zero-order valence-corrected chi connectivity index (χ0v) is 18.8. The zero-order valence-electron chi connectivity index (χ0n) is 18.8. The number of aryl methyl sites for hydroxylation is 1. The molecule has 4 aromatic rings. The molecule has 0 unspecified atom stereocenters. The Morgan fingerprint density at radius 3 is 2.70 bits per heavy atom. The van der Waals surface area contributed by atoms with Gasteiger partial charge in [0.2, 0.25) is 0 Å². The summed E-state index contributed by atoms with van der Waals surface area (Å²) in [6.45, 7) is 6.33. The Labute approximate surface area is 193 Å². The molecule has 0 fully saturated rings. The monoisotopic (exact) mass is 435 g/mol. The molecule has 0 atom stereocenters. The van der Waals surface area contributed by atoms with Crippen LogP contribution in [0, 0.1) is 18.3 Å². The number of rotatable bonds is 8. The van der Waals surface area contributed by atoms with E-state index in [-0.39, 0.29) is 0 Å². The van der Waals surface area contributed by atoms with E-state index in [9.17, 15) is 5.26 Å². The predicted octanol–water partition coefficient (Wildman–Crippen LogP) is 6.25. The van der Waals surface area contributed by atoms with Crippen molar-refractivity contribution in [2.75, 3.05) is 7.11 Å². The van der Waals surface area contributed by atoms with Crippen LogP contribution in [0.2, 0.25) is 0 Å². The topological polar surface area (TPSA) is 70.9 Å². The standard InChI is InChI=1S/C28H25N3O2/c1-4-8-22-14-21(16-26(32-3)27(22)33-18-20-9-6-5-7-10-20)15-23(17-29)28-30-24-12-11-19(2)13-25(24)31-28/h4-7,9-16H,1,8,18H2,2-3H3,(H,30,31)/b23-15-. The van der Waals surface area contributed by atoms with Crippen molar-refractivity contribution in [2.45, 2.75) is 20.0 Å². The van der Waals surface area contributed by atoms with Gasteiger partial charge in [-0.3, -0.25) is 0 Å². The third-order valence-corrected chi connectivity index (χ3v) is 5.29. The number of H-pyrrole nitrogens is 1. The van der Waals surface area contributed by atoms with Crippen molar-refractivity contribution in [3.63, 3.8) is 0 Å². The third kappa shape index (κ3) is 4.97. The van der Waals surface area contributed by atoms with Gasteiger partial charge in [0, 0.05) is 5.56 Å². The number of aromatic nitrogens is 2. The Morgan fingerprint density at radius 1 is 1.15 bits per heavy atom. The van der Waals surface area contributed by atoms with Gasteiger partial charge in [0.1, 0.15) is 18.5 Å². The fraction of sp³-hybridized carbons (Fsp3) is 0.143. The molecule has 33 heavy (non-hydrogen) atoms. The second-order valence-corrected chi connectivity index (χ2v) is 7.75. The van der Waals surface area contributed by atoms with E-state index >= 15 is 0 Å². The van der Waals surface area contributed by atoms with E-state index < -0.39 is 0 Å². The van der Waals surface area contributed by atoms with Gasteiger partial charge in [-0.05, 0) is 60.4 Å². The Hall–Kier alpha value is -4.30. The quantitative estimate of drug-likeness (QED) is 0.262. The summed E-state index contributed by atoms with van der Waals surface area (Å²) in [6.07, 6.45) is 4.24. The lowest BCUT2D eigenvalue weighted by Crippen LogP contribution is -2.01. The second-order valence-electron chi connectivity index (χ2n) is 7.75. The number of nitrogens with one attached hydrogen (secondary N) is 1. The molecule has 0 aliphatic carbocycles. The number of nitriles is 1. The molecule has 5 heteroatoms. The van der Waals surface area contributed by atoms with Gasteiger partial charge in [0.25, 0.3) is 0 Å². The SMILES string of the molecule is C=CCc1cc(/C=C(/C#N)c2nc3ccc(C)cc3[nH]2)cc(OC)c1OCc1ccccc1. The molecular weight excluding hydrogens is 410 g/mol. The molecule has 0 radical (unpaired) electrons. The lowest BCUT2D eigenvalue weighted by molar-refractivity contribution is 0.282. The molecule has 5 nitrogen and oxygen atoms in total. The largest absolute Gasteiger partial charge is 0.493 e. The van der Waals surface area contributed by atoms with Gasteiger partial charge in [-0.15, -0.1) is 6.58 Å². The fourth-order valence-corrected chi connectivity index (χ4v) is 3.69. The Balaban J connectivity index is 1.71. The highest BCUT2D eigenvalue weighted by molar-refractivity contribution is 5.90. The van der Waals surface area contributed by atoms with Crippen LogP contribution in [-0.4, -0.2) is 17.1 Å². The van der Waals surface area contributed by atoms with Gasteiger partial charge in [-0.25, -0.2) is 4.98 Å². The summed E-state index contributed by atoms with van der Waals surface area (Å²) < 4.78 is 11.8. The number of aromatic amines is 1. The summed E-state index contributed by atoms with van der Waals surface area (Å²) in [4.78, 5) is 7.84. The van der Waals surface area contributed by atoms with Gasteiger partial charge in [-0.1, -0.05) is 42.5 Å². The normalized spacial score (nSPS) is 11.2. The fourth-order valence-electron chi connectivity index (χ4n) is 3.69. The van der Waals surface area contributed by atoms with E-state index in [1.165, 1.54) is 0 Å². The molecule has 0 spiro atoms. The molecule has 0 aliphatic rings. The van der Waals surface area contributed by atoms with Crippen molar-refractivity contribution in [3.8, 4) is 17.6 Å². The molecule has 3 aromatic carbocycles. The van der Waals surface area contributed by atoms with Crippen LogP contribution in [0.4, 0.5) is 0 Å². The van der Waals surface area contributed by atoms with Crippen LogP contribution in [0.3, 0.4) is 0 Å². The van der Waals surface area contributed by atoms with Gasteiger partial charge in [0.05, 0.1) is 23.7 Å². The molecule has 1 N–H and O–H groups in total. The van der Waals surface area contributed by atoms with Crippen molar-refractivity contribution in [3.05, 3.63) is 101 Å². The number of nitrogens with zero attached hydrogens (tertiary/aromatic N) is 2. The number of allylic oxidation sites excluding steroid dienone is 2. The van der Waals surface area contributed by atoms with Gasteiger partial charge < -0.3 is 14.5 Å². The number of fused-ring (bicyclic) bond motifs is 1. The van der Waals surface area contributed by atoms with E-state index in [1.54, 1.807) is 13.2 Å². The molecule has 0 saturated heterocycles. The van der Waals surface area contributed by atoms with Crippen LogP contribution in [-0.2, 0) is 13.0 Å². The first-order chi connectivity index (χ1) is 16.1. The lowest BCUT2D eigenvalue weighted by Gasteiger charge is -2.16. The molecule has 1 aromatic heterocycles. The molecule has 0 amide bonds. The highest BCUT2D eigenvalue weighted by Gasteiger charge is 2.14. The van der Waals surface area contributed by atoms with Crippen LogP contribution in [0.15, 0.2) is 73.3 Å². The van der Waals surface area contributed by atoms with Crippen LogP contribution >= 0.6 is 0 Å². The average molecular weight is 436 g/mol. The highest BCUT2D eigenvalue weighted by Crippen LogP contribution is 2.35. The summed E-state index contributed by atoms with van der Waals surface area (Å²) in [7, 11) is 1.61. The molecule has 164 valence electrons. The Bertz CT molecular complexity index is 1360. The minimum absolute atomic E-state index is 0.429. The summed E-state index contributed by atoms with van der Waals surface area (Å²) in [5.74, 6) is 1.82.